The molecule has 0 aliphatic carbocycles. The van der Waals surface area contributed by atoms with Crippen molar-refractivity contribution in [1.82, 2.24) is 10.6 Å². The van der Waals surface area contributed by atoms with Crippen molar-refractivity contribution in [3.63, 3.8) is 0 Å². The number of rotatable bonds is 5. The van der Waals surface area contributed by atoms with E-state index >= 15 is 0 Å². The molecule has 0 spiro atoms. The molecular weight excluding hydrogens is 403 g/mol. The number of ether oxygens (including phenoxy) is 1. The Labute approximate surface area is 156 Å². The summed E-state index contributed by atoms with van der Waals surface area (Å²) in [5.74, 6) is 0.716. The fourth-order valence-corrected chi connectivity index (χ4v) is 2.09. The number of benzene rings is 1. The number of aliphatic imine (C=N–C) groups is 1. The summed E-state index contributed by atoms with van der Waals surface area (Å²) in [6.07, 6.45) is 0.0907. The van der Waals surface area contributed by atoms with E-state index in [0.717, 1.165) is 5.56 Å². The number of halogens is 1. The van der Waals surface area contributed by atoms with Crippen LogP contribution in [0.4, 0.5) is 0 Å². The largest absolute Gasteiger partial charge is 0.379 e. The predicted octanol–water partition coefficient (Wildman–Crippen LogP) is 2.90. The molecule has 0 amide bonds. The second-order valence-electron chi connectivity index (χ2n) is 6.21. The zero-order valence-electron chi connectivity index (χ0n) is 14.5. The van der Waals surface area contributed by atoms with Gasteiger partial charge < -0.3 is 15.4 Å². The summed E-state index contributed by atoms with van der Waals surface area (Å²) in [6.45, 7) is 7.73. The van der Waals surface area contributed by atoms with Gasteiger partial charge in [-0.1, -0.05) is 32.9 Å². The highest BCUT2D eigenvalue weighted by atomic mass is 127. The maximum absolute atomic E-state index is 8.91. The molecule has 0 radical (unpaired) electrons. The van der Waals surface area contributed by atoms with E-state index < -0.39 is 0 Å². The topological polar surface area (TPSA) is 69.4 Å². The van der Waals surface area contributed by atoms with Gasteiger partial charge in [-0.2, -0.15) is 5.26 Å². The molecular formula is C17H27IN4O. The van der Waals surface area contributed by atoms with Gasteiger partial charge in [-0.25, -0.2) is 0 Å². The summed E-state index contributed by atoms with van der Waals surface area (Å²) in [7, 11) is 3.46. The summed E-state index contributed by atoms with van der Waals surface area (Å²) in [4.78, 5) is 4.21. The van der Waals surface area contributed by atoms with Crippen LogP contribution < -0.4 is 10.6 Å². The molecule has 5 nitrogen and oxygen atoms in total. The van der Waals surface area contributed by atoms with Crippen LogP contribution in [0.15, 0.2) is 29.3 Å². The Bertz CT molecular complexity index is 546. The molecule has 128 valence electrons. The lowest BCUT2D eigenvalue weighted by molar-refractivity contribution is 0.0205. The van der Waals surface area contributed by atoms with Gasteiger partial charge >= 0.3 is 0 Å². The van der Waals surface area contributed by atoms with E-state index in [0.29, 0.717) is 24.6 Å². The molecule has 0 aromatic heterocycles. The van der Waals surface area contributed by atoms with Crippen LogP contribution >= 0.6 is 24.0 Å². The van der Waals surface area contributed by atoms with Crippen molar-refractivity contribution in [2.24, 2.45) is 10.4 Å². The Morgan fingerprint density at radius 1 is 1.35 bits per heavy atom. The number of hydrogen-bond acceptors (Lipinski definition) is 3. The molecule has 2 N–H and O–H groups in total. The molecule has 0 bridgehead atoms. The molecule has 1 atom stereocenters. The van der Waals surface area contributed by atoms with Gasteiger partial charge in [0.05, 0.1) is 17.7 Å². The van der Waals surface area contributed by atoms with Crippen LogP contribution in [0.3, 0.4) is 0 Å². The molecule has 0 saturated carbocycles. The highest BCUT2D eigenvalue weighted by molar-refractivity contribution is 14.0. The molecule has 0 saturated heterocycles. The molecule has 6 heteroatoms. The quantitative estimate of drug-likeness (QED) is 0.428. The third-order valence-corrected chi connectivity index (χ3v) is 3.44. The summed E-state index contributed by atoms with van der Waals surface area (Å²) < 4.78 is 5.52. The Hall–Kier alpha value is -1.33. The average molecular weight is 430 g/mol. The van der Waals surface area contributed by atoms with Crippen LogP contribution in [0.1, 0.15) is 31.9 Å². The van der Waals surface area contributed by atoms with Gasteiger partial charge in [0.2, 0.25) is 0 Å². The summed E-state index contributed by atoms with van der Waals surface area (Å²) in [5.41, 5.74) is 1.76. The lowest BCUT2D eigenvalue weighted by Gasteiger charge is -2.30. The molecule has 0 aliphatic rings. The standard InChI is InChI=1S/C17H26N4O.HI/c1-17(2,3)15(22-5)12-21-16(19-4)20-11-14-8-6-7-13(9-14)10-18;/h6-9,15H,11-12H2,1-5H3,(H2,19,20,21);1H. The number of methoxy groups -OCH3 is 1. The lowest BCUT2D eigenvalue weighted by atomic mass is 9.89. The van der Waals surface area contributed by atoms with Crippen LogP contribution in [0, 0.1) is 16.7 Å². The number of hydrogen-bond donors (Lipinski definition) is 2. The van der Waals surface area contributed by atoms with Crippen molar-refractivity contribution in [3.05, 3.63) is 35.4 Å². The highest BCUT2D eigenvalue weighted by Gasteiger charge is 2.24. The Balaban J connectivity index is 0.00000484. The van der Waals surface area contributed by atoms with Gasteiger partial charge in [0.15, 0.2) is 5.96 Å². The number of guanidine groups is 1. The molecule has 0 heterocycles. The van der Waals surface area contributed by atoms with E-state index in [1.54, 1.807) is 20.2 Å². The second-order valence-corrected chi connectivity index (χ2v) is 6.21. The minimum Gasteiger partial charge on any atom is -0.379 e. The van der Waals surface area contributed by atoms with Crippen molar-refractivity contribution in [2.75, 3.05) is 20.7 Å². The average Bonchev–Trinajstić information content (AvgIpc) is 2.49. The maximum Gasteiger partial charge on any atom is 0.191 e. The van der Waals surface area contributed by atoms with Crippen LogP contribution in [0.5, 0.6) is 0 Å². The molecule has 1 rings (SSSR count). The summed E-state index contributed by atoms with van der Waals surface area (Å²) in [5, 5.41) is 15.4. The van der Waals surface area contributed by atoms with Gasteiger partial charge in [-0.05, 0) is 23.1 Å². The minimum absolute atomic E-state index is 0. The van der Waals surface area contributed by atoms with Gasteiger partial charge in [-0.15, -0.1) is 24.0 Å². The third kappa shape index (κ3) is 7.66. The van der Waals surface area contributed by atoms with Gasteiger partial charge in [-0.3, -0.25) is 4.99 Å². The Kier molecular flexibility index (Phi) is 9.84. The highest BCUT2D eigenvalue weighted by Crippen LogP contribution is 2.20. The van der Waals surface area contributed by atoms with Crippen LogP contribution in [0.25, 0.3) is 0 Å². The molecule has 0 fully saturated rings. The van der Waals surface area contributed by atoms with Crippen LogP contribution in [-0.4, -0.2) is 32.8 Å². The summed E-state index contributed by atoms with van der Waals surface area (Å²) >= 11 is 0. The number of nitrogens with one attached hydrogen (secondary N) is 2. The normalized spacial score (nSPS) is 12.8. The third-order valence-electron chi connectivity index (χ3n) is 3.44. The number of nitrogens with zero attached hydrogens (tertiary/aromatic N) is 2. The fraction of sp³-hybridized carbons (Fsp3) is 0.529. The zero-order valence-corrected chi connectivity index (χ0v) is 16.8. The smallest absolute Gasteiger partial charge is 0.191 e. The monoisotopic (exact) mass is 430 g/mol. The number of nitriles is 1. The van der Waals surface area contributed by atoms with E-state index in [9.17, 15) is 0 Å². The van der Waals surface area contributed by atoms with Crippen molar-refractivity contribution in [3.8, 4) is 6.07 Å². The van der Waals surface area contributed by atoms with Crippen LogP contribution in [-0.2, 0) is 11.3 Å². The SMILES string of the molecule is CN=C(NCc1cccc(C#N)c1)NCC(OC)C(C)(C)C.I. The first-order valence-corrected chi connectivity index (χ1v) is 7.37. The lowest BCUT2D eigenvalue weighted by Crippen LogP contribution is -2.45. The fourth-order valence-electron chi connectivity index (χ4n) is 2.09. The van der Waals surface area contributed by atoms with Gasteiger partial charge in [0.1, 0.15) is 0 Å². The van der Waals surface area contributed by atoms with Gasteiger partial charge in [0, 0.05) is 27.2 Å². The molecule has 1 unspecified atom stereocenters. The van der Waals surface area contributed by atoms with E-state index in [1.165, 1.54) is 0 Å². The Morgan fingerprint density at radius 3 is 2.57 bits per heavy atom. The van der Waals surface area contributed by atoms with Crippen molar-refractivity contribution >= 4 is 29.9 Å². The van der Waals surface area contributed by atoms with Crippen molar-refractivity contribution < 1.29 is 4.74 Å². The van der Waals surface area contributed by atoms with Crippen LogP contribution in [0.2, 0.25) is 0 Å². The zero-order chi connectivity index (χ0) is 16.6. The van der Waals surface area contributed by atoms with E-state index in [2.05, 4.69) is 42.5 Å². The molecule has 1 aromatic carbocycles. The van der Waals surface area contributed by atoms with Crippen molar-refractivity contribution in [2.45, 2.75) is 33.4 Å². The maximum atomic E-state index is 8.91. The predicted molar refractivity (Wildman–Crippen MR) is 105 cm³/mol. The van der Waals surface area contributed by atoms with E-state index in [4.69, 9.17) is 10.00 Å². The first kappa shape index (κ1) is 21.7. The van der Waals surface area contributed by atoms with Gasteiger partial charge in [0.25, 0.3) is 0 Å². The minimum atomic E-state index is 0. The molecule has 0 aliphatic heterocycles. The first-order chi connectivity index (χ1) is 10.4. The van der Waals surface area contributed by atoms with E-state index in [-0.39, 0.29) is 35.5 Å². The van der Waals surface area contributed by atoms with Crippen molar-refractivity contribution in [1.29, 1.82) is 5.26 Å². The molecule has 23 heavy (non-hydrogen) atoms. The second kappa shape index (κ2) is 10.4. The van der Waals surface area contributed by atoms with E-state index in [1.807, 2.05) is 18.2 Å². The Morgan fingerprint density at radius 2 is 2.04 bits per heavy atom. The first-order valence-electron chi connectivity index (χ1n) is 7.37. The molecule has 1 aromatic rings. The summed E-state index contributed by atoms with van der Waals surface area (Å²) in [6, 6.07) is 9.67.